The number of nitrogens with one attached hydrogen (secondary N) is 1. The zero-order valence-corrected chi connectivity index (χ0v) is 16.0. The standard InChI is InChI=1S/C18H25N5OS/c1-5-8-25-18-21-16(19)15(20-4)17(22-18)23(11-24)10-14-7-6-12(2)13(3)9-14/h6-7,9,11,20H,5,8,10H2,1-4H3,(H2,19,21,22). The molecule has 0 fully saturated rings. The van der Waals surface area contributed by atoms with Gasteiger partial charge in [-0.2, -0.15) is 0 Å². The van der Waals surface area contributed by atoms with Crippen molar-refractivity contribution in [3.63, 3.8) is 0 Å². The van der Waals surface area contributed by atoms with Crippen LogP contribution >= 0.6 is 11.8 Å². The van der Waals surface area contributed by atoms with Crippen LogP contribution < -0.4 is 16.0 Å². The third-order valence-electron chi connectivity index (χ3n) is 3.91. The average molecular weight is 359 g/mol. The Morgan fingerprint density at radius 1 is 1.28 bits per heavy atom. The molecule has 1 amide bonds. The molecule has 0 aliphatic rings. The highest BCUT2D eigenvalue weighted by atomic mass is 32.2. The molecule has 7 heteroatoms. The summed E-state index contributed by atoms with van der Waals surface area (Å²) in [6.07, 6.45) is 1.79. The molecule has 1 heterocycles. The van der Waals surface area contributed by atoms with E-state index in [4.69, 9.17) is 5.73 Å². The van der Waals surface area contributed by atoms with Crippen LogP contribution in [0.4, 0.5) is 17.3 Å². The van der Waals surface area contributed by atoms with Crippen molar-refractivity contribution in [3.05, 3.63) is 34.9 Å². The molecule has 0 bridgehead atoms. The van der Waals surface area contributed by atoms with E-state index >= 15 is 0 Å². The van der Waals surface area contributed by atoms with E-state index in [1.54, 1.807) is 11.9 Å². The number of hydrogen-bond donors (Lipinski definition) is 2. The maximum Gasteiger partial charge on any atom is 0.215 e. The lowest BCUT2D eigenvalue weighted by Crippen LogP contribution is -2.24. The highest BCUT2D eigenvalue weighted by Gasteiger charge is 2.18. The van der Waals surface area contributed by atoms with Gasteiger partial charge in [-0.25, -0.2) is 9.97 Å². The fourth-order valence-electron chi connectivity index (χ4n) is 2.41. The first-order valence-electron chi connectivity index (χ1n) is 8.26. The van der Waals surface area contributed by atoms with E-state index in [0.29, 0.717) is 29.0 Å². The molecule has 1 aromatic carbocycles. The summed E-state index contributed by atoms with van der Waals surface area (Å²) in [7, 11) is 1.75. The number of anilines is 3. The lowest BCUT2D eigenvalue weighted by molar-refractivity contribution is -0.107. The predicted octanol–water partition coefficient (Wildman–Crippen LogP) is 3.38. The van der Waals surface area contributed by atoms with Crippen molar-refractivity contribution in [2.45, 2.75) is 38.9 Å². The van der Waals surface area contributed by atoms with Crippen LogP contribution in [0.15, 0.2) is 23.4 Å². The molecule has 0 aliphatic heterocycles. The molecule has 0 spiro atoms. The molecule has 0 radical (unpaired) electrons. The minimum Gasteiger partial charge on any atom is -0.382 e. The molecule has 2 aromatic rings. The largest absolute Gasteiger partial charge is 0.382 e. The molecule has 0 aliphatic carbocycles. The molecule has 3 N–H and O–H groups in total. The molecule has 6 nitrogen and oxygen atoms in total. The monoisotopic (exact) mass is 359 g/mol. The van der Waals surface area contributed by atoms with Crippen LogP contribution in [0.1, 0.15) is 30.0 Å². The quantitative estimate of drug-likeness (QED) is 0.427. The topological polar surface area (TPSA) is 84.1 Å². The summed E-state index contributed by atoms with van der Waals surface area (Å²) in [6.45, 7) is 6.65. The third kappa shape index (κ3) is 4.63. The van der Waals surface area contributed by atoms with Crippen molar-refractivity contribution in [2.24, 2.45) is 0 Å². The fourth-order valence-corrected chi connectivity index (χ4v) is 3.11. The minimum absolute atomic E-state index is 0.345. The van der Waals surface area contributed by atoms with Crippen LogP contribution in [0.25, 0.3) is 0 Å². The van der Waals surface area contributed by atoms with Crippen molar-refractivity contribution in [1.82, 2.24) is 9.97 Å². The lowest BCUT2D eigenvalue weighted by Gasteiger charge is -2.21. The maximum atomic E-state index is 11.8. The number of hydrogen-bond acceptors (Lipinski definition) is 6. The van der Waals surface area contributed by atoms with Gasteiger partial charge in [0.05, 0.1) is 6.54 Å². The molecule has 1 aromatic heterocycles. The van der Waals surface area contributed by atoms with Gasteiger partial charge in [-0.1, -0.05) is 36.9 Å². The van der Waals surface area contributed by atoms with Crippen LogP contribution in [-0.4, -0.2) is 29.2 Å². The van der Waals surface area contributed by atoms with E-state index in [0.717, 1.165) is 24.1 Å². The smallest absolute Gasteiger partial charge is 0.215 e. The number of nitrogens with two attached hydrogens (primary N) is 1. The van der Waals surface area contributed by atoms with Gasteiger partial charge < -0.3 is 11.1 Å². The van der Waals surface area contributed by atoms with E-state index in [1.165, 1.54) is 22.9 Å². The zero-order chi connectivity index (χ0) is 18.4. The summed E-state index contributed by atoms with van der Waals surface area (Å²) in [5.74, 6) is 1.75. The van der Waals surface area contributed by atoms with Crippen molar-refractivity contribution < 1.29 is 4.79 Å². The van der Waals surface area contributed by atoms with E-state index < -0.39 is 0 Å². The number of amides is 1. The van der Waals surface area contributed by atoms with Gasteiger partial charge in [0.1, 0.15) is 5.69 Å². The lowest BCUT2D eigenvalue weighted by atomic mass is 10.1. The second-order valence-corrected chi connectivity index (χ2v) is 6.90. The molecular weight excluding hydrogens is 334 g/mol. The van der Waals surface area contributed by atoms with Gasteiger partial charge in [-0.3, -0.25) is 9.69 Å². The number of aryl methyl sites for hydroxylation is 2. The van der Waals surface area contributed by atoms with E-state index in [9.17, 15) is 4.79 Å². The van der Waals surface area contributed by atoms with E-state index in [-0.39, 0.29) is 0 Å². The highest BCUT2D eigenvalue weighted by molar-refractivity contribution is 7.99. The number of carbonyl (C=O) groups excluding carboxylic acids is 1. The van der Waals surface area contributed by atoms with Gasteiger partial charge in [0.25, 0.3) is 0 Å². The van der Waals surface area contributed by atoms with Gasteiger partial charge in [0, 0.05) is 12.8 Å². The SMILES string of the molecule is CCCSc1nc(N)c(NC)c(N(C=O)Cc2ccc(C)c(C)c2)n1. The molecule has 0 atom stereocenters. The number of nitrogens with zero attached hydrogens (tertiary/aromatic N) is 3. The van der Waals surface area contributed by atoms with Crippen molar-refractivity contribution in [3.8, 4) is 0 Å². The van der Waals surface area contributed by atoms with Crippen molar-refractivity contribution in [1.29, 1.82) is 0 Å². The zero-order valence-electron chi connectivity index (χ0n) is 15.2. The molecule has 134 valence electrons. The van der Waals surface area contributed by atoms with Gasteiger partial charge in [0.15, 0.2) is 16.8 Å². The Labute approximate surface area is 153 Å². The average Bonchev–Trinajstić information content (AvgIpc) is 2.60. The molecule has 25 heavy (non-hydrogen) atoms. The van der Waals surface area contributed by atoms with Crippen LogP contribution in [0.5, 0.6) is 0 Å². The summed E-state index contributed by atoms with van der Waals surface area (Å²) in [5.41, 5.74) is 10.1. The number of thioether (sulfide) groups is 1. The van der Waals surface area contributed by atoms with E-state index in [1.807, 2.05) is 6.07 Å². The number of aromatic nitrogens is 2. The summed E-state index contributed by atoms with van der Waals surface area (Å²) in [5, 5.41) is 3.59. The van der Waals surface area contributed by atoms with Gasteiger partial charge in [0.2, 0.25) is 6.41 Å². The predicted molar refractivity (Wildman–Crippen MR) is 105 cm³/mol. The van der Waals surface area contributed by atoms with Gasteiger partial charge in [-0.05, 0) is 37.0 Å². The second kappa shape index (κ2) is 8.71. The van der Waals surface area contributed by atoms with Crippen LogP contribution in [0.3, 0.4) is 0 Å². The Morgan fingerprint density at radius 2 is 2.04 bits per heavy atom. The molecule has 0 saturated heterocycles. The molecular formula is C18H25N5OS. The number of rotatable bonds is 8. The normalized spacial score (nSPS) is 10.6. The minimum atomic E-state index is 0.345. The molecule has 0 saturated carbocycles. The molecule has 0 unspecified atom stereocenters. The van der Waals surface area contributed by atoms with Crippen LogP contribution in [0, 0.1) is 13.8 Å². The number of nitrogen functional groups attached to an aromatic ring is 1. The Morgan fingerprint density at radius 3 is 2.64 bits per heavy atom. The van der Waals surface area contributed by atoms with Gasteiger partial charge in [-0.15, -0.1) is 0 Å². The Kier molecular flexibility index (Phi) is 6.64. The van der Waals surface area contributed by atoms with Crippen LogP contribution in [-0.2, 0) is 11.3 Å². The first-order chi connectivity index (χ1) is 12.0. The first kappa shape index (κ1) is 19.1. The Bertz CT molecular complexity index is 750. The highest BCUT2D eigenvalue weighted by Crippen LogP contribution is 2.31. The fraction of sp³-hybridized carbons (Fsp3) is 0.389. The number of carbonyl (C=O) groups is 1. The second-order valence-electron chi connectivity index (χ2n) is 5.84. The molecule has 2 rings (SSSR count). The summed E-state index contributed by atoms with van der Waals surface area (Å²) in [4.78, 5) is 22.2. The summed E-state index contributed by atoms with van der Waals surface area (Å²) >= 11 is 1.53. The Balaban J connectivity index is 2.38. The number of benzene rings is 1. The summed E-state index contributed by atoms with van der Waals surface area (Å²) in [6, 6.07) is 6.17. The summed E-state index contributed by atoms with van der Waals surface area (Å²) < 4.78 is 0. The Hall–Kier alpha value is -2.28. The first-order valence-corrected chi connectivity index (χ1v) is 9.24. The van der Waals surface area contributed by atoms with Gasteiger partial charge >= 0.3 is 0 Å². The maximum absolute atomic E-state index is 11.8. The van der Waals surface area contributed by atoms with E-state index in [2.05, 4.69) is 48.2 Å². The third-order valence-corrected chi connectivity index (χ3v) is 4.96. The van der Waals surface area contributed by atoms with Crippen LogP contribution in [0.2, 0.25) is 0 Å². The van der Waals surface area contributed by atoms with Crippen molar-refractivity contribution in [2.75, 3.05) is 28.8 Å². The van der Waals surface area contributed by atoms with Crippen molar-refractivity contribution >= 4 is 35.5 Å².